The summed E-state index contributed by atoms with van der Waals surface area (Å²) in [6.45, 7) is 1.36. The molecule has 1 atom stereocenters. The van der Waals surface area contributed by atoms with Gasteiger partial charge in [-0.15, -0.1) is 0 Å². The number of H-pyrrole nitrogens is 1. The topological polar surface area (TPSA) is 66.0 Å². The number of carbonyl (C=O) groups excluding carboxylic acids is 1. The maximum atomic E-state index is 11.0. The fraction of sp³-hybridized carbons (Fsp3) is 0.200. The molecule has 4 nitrogen and oxygen atoms in total. The van der Waals surface area contributed by atoms with Crippen LogP contribution in [0.2, 0.25) is 0 Å². The van der Waals surface area contributed by atoms with E-state index in [1.807, 2.05) is 6.07 Å². The fourth-order valence-corrected chi connectivity index (χ4v) is 1.42. The fourth-order valence-electron chi connectivity index (χ4n) is 1.42. The number of pyridine rings is 1. The molecule has 0 fully saturated rings. The predicted octanol–water partition coefficient (Wildman–Crippen LogP) is 1.19. The average molecular weight is 190 g/mol. The molecule has 2 rings (SSSR count). The Labute approximate surface area is 80.6 Å². The Hall–Kier alpha value is -1.68. The van der Waals surface area contributed by atoms with Crippen molar-refractivity contribution in [3.05, 3.63) is 30.1 Å². The van der Waals surface area contributed by atoms with Crippen molar-refractivity contribution in [1.82, 2.24) is 9.97 Å². The number of aromatic amines is 1. The van der Waals surface area contributed by atoms with E-state index < -0.39 is 6.10 Å². The minimum atomic E-state index is -1.06. The van der Waals surface area contributed by atoms with Crippen molar-refractivity contribution < 1.29 is 9.90 Å². The molecule has 0 saturated carbocycles. The number of carbonyl (C=O) groups is 1. The van der Waals surface area contributed by atoms with Crippen LogP contribution in [0.15, 0.2) is 24.5 Å². The van der Waals surface area contributed by atoms with Crippen LogP contribution >= 0.6 is 0 Å². The molecule has 14 heavy (non-hydrogen) atoms. The standard InChI is InChI=1S/C10H10N2O2/c1-6(13)9(14)8-5-12-10-7(8)3-2-4-11-10/h2-5,9,14H,1H3,(H,11,12). The van der Waals surface area contributed by atoms with Crippen LogP contribution in [-0.4, -0.2) is 20.9 Å². The first-order chi connectivity index (χ1) is 6.70. The predicted molar refractivity (Wildman–Crippen MR) is 51.7 cm³/mol. The number of hydrogen-bond donors (Lipinski definition) is 2. The summed E-state index contributed by atoms with van der Waals surface area (Å²) < 4.78 is 0. The maximum absolute atomic E-state index is 11.0. The number of ketones is 1. The molecular weight excluding hydrogens is 180 g/mol. The molecule has 0 spiro atoms. The van der Waals surface area contributed by atoms with Crippen LogP contribution < -0.4 is 0 Å². The zero-order valence-electron chi connectivity index (χ0n) is 7.69. The summed E-state index contributed by atoms with van der Waals surface area (Å²) >= 11 is 0. The Kier molecular flexibility index (Phi) is 2.05. The molecule has 72 valence electrons. The Morgan fingerprint density at radius 3 is 3.14 bits per heavy atom. The van der Waals surface area contributed by atoms with Crippen molar-refractivity contribution >= 4 is 16.8 Å². The van der Waals surface area contributed by atoms with E-state index in [0.29, 0.717) is 11.2 Å². The monoisotopic (exact) mass is 190 g/mol. The molecule has 0 saturated heterocycles. The van der Waals surface area contributed by atoms with Gasteiger partial charge in [-0.2, -0.15) is 0 Å². The lowest BCUT2D eigenvalue weighted by molar-refractivity contribution is -0.125. The zero-order chi connectivity index (χ0) is 10.1. The normalized spacial score (nSPS) is 13.0. The number of aliphatic hydroxyl groups is 1. The average Bonchev–Trinajstić information content (AvgIpc) is 2.60. The van der Waals surface area contributed by atoms with E-state index in [2.05, 4.69) is 9.97 Å². The largest absolute Gasteiger partial charge is 0.380 e. The van der Waals surface area contributed by atoms with E-state index in [1.54, 1.807) is 18.5 Å². The molecule has 2 aromatic rings. The van der Waals surface area contributed by atoms with E-state index in [9.17, 15) is 9.90 Å². The van der Waals surface area contributed by atoms with Gasteiger partial charge in [0, 0.05) is 23.3 Å². The highest BCUT2D eigenvalue weighted by Gasteiger charge is 2.16. The van der Waals surface area contributed by atoms with Gasteiger partial charge in [-0.25, -0.2) is 4.98 Å². The summed E-state index contributed by atoms with van der Waals surface area (Å²) in [4.78, 5) is 18.0. The number of nitrogens with zero attached hydrogens (tertiary/aromatic N) is 1. The van der Waals surface area contributed by atoms with Gasteiger partial charge in [-0.1, -0.05) is 0 Å². The highest BCUT2D eigenvalue weighted by molar-refractivity contribution is 5.89. The van der Waals surface area contributed by atoms with Crippen LogP contribution in [0.3, 0.4) is 0 Å². The molecule has 0 aliphatic rings. The zero-order valence-corrected chi connectivity index (χ0v) is 7.69. The second kappa shape index (κ2) is 3.23. The Morgan fingerprint density at radius 2 is 2.43 bits per heavy atom. The quantitative estimate of drug-likeness (QED) is 0.747. The van der Waals surface area contributed by atoms with Crippen molar-refractivity contribution in [2.45, 2.75) is 13.0 Å². The highest BCUT2D eigenvalue weighted by atomic mass is 16.3. The molecule has 2 aromatic heterocycles. The lowest BCUT2D eigenvalue weighted by Crippen LogP contribution is -2.06. The maximum Gasteiger partial charge on any atom is 0.162 e. The van der Waals surface area contributed by atoms with E-state index in [1.165, 1.54) is 6.92 Å². The third-order valence-electron chi connectivity index (χ3n) is 2.16. The van der Waals surface area contributed by atoms with Crippen LogP contribution in [0.4, 0.5) is 0 Å². The van der Waals surface area contributed by atoms with Gasteiger partial charge in [-0.3, -0.25) is 4.79 Å². The summed E-state index contributed by atoms with van der Waals surface area (Å²) in [6, 6.07) is 3.59. The van der Waals surface area contributed by atoms with Crippen molar-refractivity contribution in [3.8, 4) is 0 Å². The Morgan fingerprint density at radius 1 is 1.64 bits per heavy atom. The first-order valence-electron chi connectivity index (χ1n) is 4.30. The van der Waals surface area contributed by atoms with Crippen molar-refractivity contribution in [1.29, 1.82) is 0 Å². The minimum absolute atomic E-state index is 0.269. The number of rotatable bonds is 2. The first-order valence-corrected chi connectivity index (χ1v) is 4.30. The lowest BCUT2D eigenvalue weighted by Gasteiger charge is -2.03. The number of aromatic nitrogens is 2. The van der Waals surface area contributed by atoms with E-state index >= 15 is 0 Å². The smallest absolute Gasteiger partial charge is 0.162 e. The van der Waals surface area contributed by atoms with Gasteiger partial charge in [0.15, 0.2) is 5.78 Å². The number of fused-ring (bicyclic) bond motifs is 1. The molecule has 1 unspecified atom stereocenters. The third kappa shape index (κ3) is 1.29. The van der Waals surface area contributed by atoms with Crippen LogP contribution in [-0.2, 0) is 4.79 Å². The Balaban J connectivity index is 2.58. The molecule has 0 aliphatic heterocycles. The summed E-state index contributed by atoms with van der Waals surface area (Å²) in [7, 11) is 0. The lowest BCUT2D eigenvalue weighted by atomic mass is 10.1. The number of nitrogens with one attached hydrogen (secondary N) is 1. The molecule has 0 amide bonds. The minimum Gasteiger partial charge on any atom is -0.380 e. The summed E-state index contributed by atoms with van der Waals surface area (Å²) in [5.41, 5.74) is 1.27. The molecule has 2 N–H and O–H groups in total. The third-order valence-corrected chi connectivity index (χ3v) is 2.16. The van der Waals surface area contributed by atoms with Gasteiger partial charge < -0.3 is 10.1 Å². The molecular formula is C10H10N2O2. The Bertz CT molecular complexity index is 476. The molecule has 0 aliphatic carbocycles. The van der Waals surface area contributed by atoms with Gasteiger partial charge in [0.25, 0.3) is 0 Å². The summed E-state index contributed by atoms with van der Waals surface area (Å²) in [5, 5.41) is 10.4. The molecule has 2 heterocycles. The van der Waals surface area contributed by atoms with Crippen LogP contribution in [0.5, 0.6) is 0 Å². The number of hydrogen-bond acceptors (Lipinski definition) is 3. The molecule has 0 radical (unpaired) electrons. The molecule has 0 bridgehead atoms. The highest BCUT2D eigenvalue weighted by Crippen LogP contribution is 2.22. The van der Waals surface area contributed by atoms with Crippen LogP contribution in [0.25, 0.3) is 11.0 Å². The van der Waals surface area contributed by atoms with Gasteiger partial charge in [0.05, 0.1) is 0 Å². The molecule has 4 heteroatoms. The first kappa shape index (κ1) is 8.90. The van der Waals surface area contributed by atoms with Gasteiger partial charge in [-0.05, 0) is 19.1 Å². The van der Waals surface area contributed by atoms with Gasteiger partial charge in [0.2, 0.25) is 0 Å². The van der Waals surface area contributed by atoms with Crippen LogP contribution in [0, 0.1) is 0 Å². The van der Waals surface area contributed by atoms with Crippen molar-refractivity contribution in [3.63, 3.8) is 0 Å². The van der Waals surface area contributed by atoms with E-state index in [0.717, 1.165) is 5.39 Å². The van der Waals surface area contributed by atoms with Gasteiger partial charge in [0.1, 0.15) is 11.8 Å². The molecule has 0 aromatic carbocycles. The summed E-state index contributed by atoms with van der Waals surface area (Å²) in [5.74, 6) is -0.269. The van der Waals surface area contributed by atoms with Crippen molar-refractivity contribution in [2.75, 3.05) is 0 Å². The summed E-state index contributed by atoms with van der Waals surface area (Å²) in [6.07, 6.45) is 2.21. The van der Waals surface area contributed by atoms with Crippen molar-refractivity contribution in [2.24, 2.45) is 0 Å². The van der Waals surface area contributed by atoms with E-state index in [-0.39, 0.29) is 5.78 Å². The SMILES string of the molecule is CC(=O)C(O)c1c[nH]c2ncccc12. The number of Topliss-reactive ketones (excluding diaryl/α,β-unsaturated/α-hetero) is 1. The number of aliphatic hydroxyl groups excluding tert-OH is 1. The van der Waals surface area contributed by atoms with E-state index in [4.69, 9.17) is 0 Å². The van der Waals surface area contributed by atoms with Gasteiger partial charge >= 0.3 is 0 Å². The van der Waals surface area contributed by atoms with Crippen LogP contribution in [0.1, 0.15) is 18.6 Å². The second-order valence-corrected chi connectivity index (χ2v) is 3.16. The second-order valence-electron chi connectivity index (χ2n) is 3.16.